The molecule has 0 spiro atoms. The number of methoxy groups -OCH3 is 1. The molecule has 4 heteroatoms. The predicted molar refractivity (Wildman–Crippen MR) is 67.3 cm³/mol. The zero-order chi connectivity index (χ0) is 12.5. The molecule has 1 aliphatic carbocycles. The van der Waals surface area contributed by atoms with Gasteiger partial charge < -0.3 is 10.5 Å². The normalized spacial score (nSPS) is 18.8. The molecule has 1 saturated carbocycles. The van der Waals surface area contributed by atoms with Crippen LogP contribution in [0, 0.1) is 5.92 Å². The fraction of sp³-hybridized carbons (Fsp3) is 0.538. The summed E-state index contributed by atoms with van der Waals surface area (Å²) >= 11 is 5.93. The summed E-state index contributed by atoms with van der Waals surface area (Å²) in [6, 6.07) is 5.26. The van der Waals surface area contributed by atoms with E-state index in [4.69, 9.17) is 22.1 Å². The third-order valence-corrected chi connectivity index (χ3v) is 3.61. The Morgan fingerprint density at radius 2 is 2.24 bits per heavy atom. The van der Waals surface area contributed by atoms with Crippen LogP contribution in [-0.2, 0) is 6.42 Å². The van der Waals surface area contributed by atoms with Gasteiger partial charge in [0, 0.05) is 18.0 Å². The Bertz CT molecular complexity index is 408. The third kappa shape index (κ3) is 2.72. The Morgan fingerprint density at radius 1 is 1.53 bits per heavy atom. The summed E-state index contributed by atoms with van der Waals surface area (Å²) in [5.41, 5.74) is 5.05. The first kappa shape index (κ1) is 12.7. The molecule has 2 N–H and O–H groups in total. The van der Waals surface area contributed by atoms with Gasteiger partial charge in [0.2, 0.25) is 0 Å². The van der Waals surface area contributed by atoms with Gasteiger partial charge in [-0.1, -0.05) is 11.6 Å². The van der Waals surface area contributed by atoms with Gasteiger partial charge in [0.25, 0.3) is 0 Å². The van der Waals surface area contributed by atoms with E-state index in [1.165, 1.54) is 0 Å². The average molecular weight is 258 g/mol. The molecule has 1 atom stereocenters. The molecule has 1 aliphatic rings. The molecule has 0 aromatic heterocycles. The van der Waals surface area contributed by atoms with Gasteiger partial charge in [0.05, 0.1) is 7.11 Å². The predicted octanol–water partition coefficient (Wildman–Crippen LogP) is 2.97. The molecule has 0 radical (unpaired) electrons. The molecule has 0 heterocycles. The smallest absolute Gasteiger partial charge is 0.130 e. The SMILES string of the molecule is COc1ccc(Cl)cc1CC(F)(CN)C1CC1. The molecular weight excluding hydrogens is 241 g/mol. The van der Waals surface area contributed by atoms with E-state index in [0.717, 1.165) is 18.4 Å². The van der Waals surface area contributed by atoms with E-state index in [9.17, 15) is 4.39 Å². The van der Waals surface area contributed by atoms with Crippen LogP contribution < -0.4 is 10.5 Å². The van der Waals surface area contributed by atoms with Gasteiger partial charge in [-0.05, 0) is 42.5 Å². The summed E-state index contributed by atoms with van der Waals surface area (Å²) in [5.74, 6) is 0.765. The number of hydrogen-bond acceptors (Lipinski definition) is 2. The fourth-order valence-electron chi connectivity index (χ4n) is 2.19. The lowest BCUT2D eigenvalue weighted by molar-refractivity contribution is 0.141. The van der Waals surface area contributed by atoms with E-state index in [0.29, 0.717) is 10.8 Å². The molecule has 1 aromatic rings. The molecule has 0 bridgehead atoms. The lowest BCUT2D eigenvalue weighted by atomic mass is 9.91. The van der Waals surface area contributed by atoms with Crippen molar-refractivity contribution in [1.82, 2.24) is 0 Å². The summed E-state index contributed by atoms with van der Waals surface area (Å²) in [4.78, 5) is 0. The largest absolute Gasteiger partial charge is 0.496 e. The summed E-state index contributed by atoms with van der Waals surface area (Å²) in [6.07, 6.45) is 2.13. The van der Waals surface area contributed by atoms with E-state index in [1.807, 2.05) is 0 Å². The minimum atomic E-state index is -1.32. The Balaban J connectivity index is 2.24. The second-order valence-electron chi connectivity index (χ2n) is 4.65. The molecule has 2 rings (SSSR count). The molecule has 1 aromatic carbocycles. The van der Waals surface area contributed by atoms with Crippen LogP contribution in [0.3, 0.4) is 0 Å². The molecule has 1 fully saturated rings. The molecule has 2 nitrogen and oxygen atoms in total. The van der Waals surface area contributed by atoms with Crippen molar-refractivity contribution in [3.63, 3.8) is 0 Å². The summed E-state index contributed by atoms with van der Waals surface area (Å²) < 4.78 is 19.8. The third-order valence-electron chi connectivity index (χ3n) is 3.38. The highest BCUT2D eigenvalue weighted by atomic mass is 35.5. The molecule has 0 saturated heterocycles. The standard InChI is InChI=1S/C13H17ClFNO/c1-17-12-5-4-11(14)6-9(12)7-13(15,8-16)10-2-3-10/h4-6,10H,2-3,7-8,16H2,1H3. The first-order valence-corrected chi connectivity index (χ1v) is 6.18. The number of nitrogens with two attached hydrogens (primary N) is 1. The number of ether oxygens (including phenoxy) is 1. The van der Waals surface area contributed by atoms with Crippen LogP contribution in [0.1, 0.15) is 18.4 Å². The number of alkyl halides is 1. The number of halogens is 2. The van der Waals surface area contributed by atoms with Crippen molar-refractivity contribution in [3.8, 4) is 5.75 Å². The van der Waals surface area contributed by atoms with Crippen LogP contribution in [-0.4, -0.2) is 19.3 Å². The monoisotopic (exact) mass is 257 g/mol. The summed E-state index contributed by atoms with van der Waals surface area (Å²) in [6.45, 7) is 0.0489. The van der Waals surface area contributed by atoms with Gasteiger partial charge in [-0.25, -0.2) is 4.39 Å². The van der Waals surface area contributed by atoms with Crippen molar-refractivity contribution in [2.24, 2.45) is 11.7 Å². The number of rotatable bonds is 5. The topological polar surface area (TPSA) is 35.2 Å². The average Bonchev–Trinajstić information content (AvgIpc) is 3.13. The highest BCUT2D eigenvalue weighted by Crippen LogP contribution is 2.44. The maximum atomic E-state index is 14.6. The van der Waals surface area contributed by atoms with E-state index in [2.05, 4.69) is 0 Å². The van der Waals surface area contributed by atoms with Crippen LogP contribution in [0.5, 0.6) is 5.75 Å². The van der Waals surface area contributed by atoms with E-state index < -0.39 is 5.67 Å². The van der Waals surface area contributed by atoms with Crippen LogP contribution >= 0.6 is 11.6 Å². The number of hydrogen-bond donors (Lipinski definition) is 1. The van der Waals surface area contributed by atoms with Gasteiger partial charge in [-0.15, -0.1) is 0 Å². The van der Waals surface area contributed by atoms with Crippen LogP contribution in [0.2, 0.25) is 5.02 Å². The van der Waals surface area contributed by atoms with Gasteiger partial charge >= 0.3 is 0 Å². The molecular formula is C13H17ClFNO. The van der Waals surface area contributed by atoms with E-state index in [-0.39, 0.29) is 18.9 Å². The Labute approximate surface area is 106 Å². The van der Waals surface area contributed by atoms with Gasteiger partial charge in [-0.2, -0.15) is 0 Å². The zero-order valence-electron chi connectivity index (χ0n) is 9.88. The van der Waals surface area contributed by atoms with Gasteiger partial charge in [0.1, 0.15) is 11.4 Å². The van der Waals surface area contributed by atoms with Crippen LogP contribution in [0.4, 0.5) is 4.39 Å². The molecule has 0 aliphatic heterocycles. The molecule has 17 heavy (non-hydrogen) atoms. The zero-order valence-corrected chi connectivity index (χ0v) is 10.6. The maximum absolute atomic E-state index is 14.6. The van der Waals surface area contributed by atoms with Crippen molar-refractivity contribution in [3.05, 3.63) is 28.8 Å². The van der Waals surface area contributed by atoms with Crippen molar-refractivity contribution < 1.29 is 9.13 Å². The molecule has 94 valence electrons. The van der Waals surface area contributed by atoms with E-state index >= 15 is 0 Å². The van der Waals surface area contributed by atoms with Crippen molar-refractivity contribution >= 4 is 11.6 Å². The van der Waals surface area contributed by atoms with Gasteiger partial charge in [-0.3, -0.25) is 0 Å². The van der Waals surface area contributed by atoms with Crippen LogP contribution in [0.15, 0.2) is 18.2 Å². The highest BCUT2D eigenvalue weighted by Gasteiger charge is 2.45. The summed E-state index contributed by atoms with van der Waals surface area (Å²) in [7, 11) is 1.58. The molecule has 0 amide bonds. The minimum absolute atomic E-state index is 0.0489. The number of benzene rings is 1. The fourth-order valence-corrected chi connectivity index (χ4v) is 2.38. The lowest BCUT2D eigenvalue weighted by Crippen LogP contribution is -2.37. The van der Waals surface area contributed by atoms with Crippen molar-refractivity contribution in [2.75, 3.05) is 13.7 Å². The Hall–Kier alpha value is -0.800. The minimum Gasteiger partial charge on any atom is -0.496 e. The van der Waals surface area contributed by atoms with Crippen LogP contribution in [0.25, 0.3) is 0 Å². The summed E-state index contributed by atoms with van der Waals surface area (Å²) in [5, 5.41) is 0.593. The van der Waals surface area contributed by atoms with Crippen molar-refractivity contribution in [2.45, 2.75) is 24.9 Å². The first-order valence-electron chi connectivity index (χ1n) is 5.80. The Kier molecular flexibility index (Phi) is 3.59. The second kappa shape index (κ2) is 4.83. The van der Waals surface area contributed by atoms with Crippen molar-refractivity contribution in [1.29, 1.82) is 0 Å². The first-order chi connectivity index (χ1) is 8.09. The lowest BCUT2D eigenvalue weighted by Gasteiger charge is -2.24. The van der Waals surface area contributed by atoms with Gasteiger partial charge in [0.15, 0.2) is 0 Å². The Morgan fingerprint density at radius 3 is 2.76 bits per heavy atom. The maximum Gasteiger partial charge on any atom is 0.130 e. The highest BCUT2D eigenvalue weighted by molar-refractivity contribution is 6.30. The second-order valence-corrected chi connectivity index (χ2v) is 5.08. The van der Waals surface area contributed by atoms with E-state index in [1.54, 1.807) is 25.3 Å². The quantitative estimate of drug-likeness (QED) is 0.880. The molecule has 1 unspecified atom stereocenters.